The molecule has 10 aromatic rings. The molecule has 0 amide bonds. The summed E-state index contributed by atoms with van der Waals surface area (Å²) in [6.07, 6.45) is -13.3. The third kappa shape index (κ3) is 22.0. The van der Waals surface area contributed by atoms with Crippen LogP contribution in [0.25, 0.3) is 0 Å². The van der Waals surface area contributed by atoms with Crippen molar-refractivity contribution < 1.29 is 90.2 Å². The summed E-state index contributed by atoms with van der Waals surface area (Å²) in [6, 6.07) is 93.0. The number of hydrogen-bond acceptors (Lipinski definition) is 19. The maximum absolute atomic E-state index is 14.8. The van der Waals surface area contributed by atoms with E-state index >= 15 is 0 Å². The predicted octanol–water partition coefficient (Wildman–Crippen LogP) is 14.3. The topological polar surface area (TPSA) is 199 Å². The molecule has 110 heavy (non-hydrogen) atoms. The van der Waals surface area contributed by atoms with Crippen molar-refractivity contribution >= 4 is 17.9 Å². The first kappa shape index (κ1) is 77.8. The standard InChI is InChI=1S/C91H88O19/c1-2-53-97-90-85(109-88(94)73-51-31-12-32-52-73)82(108-87(93)72-49-29-11-30-50-72)79(107-86(92)71-47-27-10-28-48-71)76(105-90)63-103-89-83(101-59-69-43-23-8-24-44-69)81(100-58-68-41-21-7-22-42-68)78(75(104-89)62-96-55-65-35-15-4-16-36-65)110-91-84(102-60-70-45-25-9-26-46-70)80(99-57-67-39-19-6-20-40-67)77(98-56-66-37-17-5-18-38-66)74(106-91)61-95-54-64-33-13-3-14-34-64/h1,3-52,74-85,89-91H,53-63H2/t74-,75-,76-,77+,78-,79-,80+,81+,82+,83-,84-,85+,89+,90+,91+/m1/s1. The van der Waals surface area contributed by atoms with Crippen LogP contribution in [-0.4, -0.2) is 136 Å². The van der Waals surface area contributed by atoms with E-state index in [1.165, 1.54) is 0 Å². The molecule has 0 aliphatic carbocycles. The highest BCUT2D eigenvalue weighted by molar-refractivity contribution is 5.91. The van der Waals surface area contributed by atoms with Gasteiger partial charge in [0.25, 0.3) is 0 Å². The van der Waals surface area contributed by atoms with Crippen LogP contribution in [0.4, 0.5) is 0 Å². The molecule has 566 valence electrons. The predicted molar refractivity (Wildman–Crippen MR) is 406 cm³/mol. The first-order chi connectivity index (χ1) is 54.3. The average Bonchev–Trinajstić information content (AvgIpc) is 0.769. The minimum absolute atomic E-state index is 0.00750. The molecule has 0 spiro atoms. The van der Waals surface area contributed by atoms with Gasteiger partial charge in [0.15, 0.2) is 37.2 Å². The summed E-state index contributed by atoms with van der Waals surface area (Å²) in [5.41, 5.74) is 6.53. The lowest BCUT2D eigenvalue weighted by molar-refractivity contribution is -0.381. The molecule has 0 bridgehead atoms. The van der Waals surface area contributed by atoms with Crippen LogP contribution in [0.2, 0.25) is 0 Å². The molecular weight excluding hydrogens is 1400 g/mol. The first-order valence-corrected chi connectivity index (χ1v) is 36.8. The molecule has 13 rings (SSSR count). The average molecular weight is 1490 g/mol. The monoisotopic (exact) mass is 1480 g/mol. The minimum atomic E-state index is -1.67. The SMILES string of the molecule is C#CCO[C@H]1O[C@H](CO[C@H]2O[C@H](COCc3ccccc3)[C@@H](O[C@@H]3O[C@H](COCc4ccccc4)[C@H](OCc4ccccc4)[C@H](OCc4ccccc4)[C@H]3OCc3ccccc3)[C@H](OCc3ccccc3)[C@H]2OCc2ccccc2)[C@@H](OC(=O)c2ccccc2)[C@H](OC(=O)c2ccccc2)[C@@H]1OC(=O)c1ccccc1. The molecule has 3 aliphatic rings. The molecule has 0 unspecified atom stereocenters. The van der Waals surface area contributed by atoms with Crippen molar-refractivity contribution in [2.24, 2.45) is 0 Å². The second-order valence-electron chi connectivity index (χ2n) is 26.6. The molecule has 3 heterocycles. The van der Waals surface area contributed by atoms with Gasteiger partial charge < -0.3 is 75.8 Å². The van der Waals surface area contributed by atoms with Crippen LogP contribution in [-0.2, 0) is 122 Å². The molecule has 0 radical (unpaired) electrons. The van der Waals surface area contributed by atoms with Crippen LogP contribution in [0.1, 0.15) is 70.0 Å². The van der Waals surface area contributed by atoms with E-state index in [4.69, 9.17) is 82.2 Å². The quantitative estimate of drug-likeness (QED) is 0.0204. The molecule has 3 saturated heterocycles. The molecule has 3 aliphatic heterocycles. The van der Waals surface area contributed by atoms with Crippen LogP contribution < -0.4 is 0 Å². The van der Waals surface area contributed by atoms with Gasteiger partial charge in [0.05, 0.1) is 82.8 Å². The van der Waals surface area contributed by atoms with E-state index < -0.39 is 117 Å². The van der Waals surface area contributed by atoms with Crippen molar-refractivity contribution in [1.29, 1.82) is 0 Å². The van der Waals surface area contributed by atoms with Crippen molar-refractivity contribution in [2.75, 3.05) is 26.4 Å². The van der Waals surface area contributed by atoms with E-state index in [0.29, 0.717) is 0 Å². The Bertz CT molecular complexity index is 4380. The Morgan fingerprint density at radius 3 is 0.909 bits per heavy atom. The fraction of sp³-hybridized carbons (Fsp3) is 0.286. The van der Waals surface area contributed by atoms with Crippen molar-refractivity contribution in [1.82, 2.24) is 0 Å². The molecule has 10 aromatic carbocycles. The Balaban J connectivity index is 0.920. The van der Waals surface area contributed by atoms with Crippen LogP contribution in [0, 0.1) is 12.3 Å². The zero-order valence-corrected chi connectivity index (χ0v) is 60.6. The van der Waals surface area contributed by atoms with Gasteiger partial charge in [-0.25, -0.2) is 14.4 Å². The van der Waals surface area contributed by atoms with Gasteiger partial charge in [-0.05, 0) is 75.3 Å². The van der Waals surface area contributed by atoms with Crippen molar-refractivity contribution in [3.8, 4) is 12.3 Å². The Labute approximate surface area is 641 Å². The highest BCUT2D eigenvalue weighted by Crippen LogP contribution is 2.39. The van der Waals surface area contributed by atoms with Gasteiger partial charge in [0.1, 0.15) is 61.5 Å². The van der Waals surface area contributed by atoms with E-state index in [1.807, 2.05) is 212 Å². The Kier molecular flexibility index (Phi) is 28.9. The zero-order chi connectivity index (χ0) is 75.3. The van der Waals surface area contributed by atoms with E-state index in [2.05, 4.69) is 5.92 Å². The zero-order valence-electron chi connectivity index (χ0n) is 60.6. The first-order valence-electron chi connectivity index (χ1n) is 36.8. The summed E-state index contributed by atoms with van der Waals surface area (Å²) < 4.78 is 112. The second kappa shape index (κ2) is 40.9. The fourth-order valence-electron chi connectivity index (χ4n) is 13.3. The lowest BCUT2D eigenvalue weighted by Gasteiger charge is -2.50. The summed E-state index contributed by atoms with van der Waals surface area (Å²) in [5, 5.41) is 0. The van der Waals surface area contributed by atoms with Crippen molar-refractivity contribution in [2.45, 2.75) is 138 Å². The lowest BCUT2D eigenvalue weighted by Crippen LogP contribution is -2.67. The smallest absolute Gasteiger partial charge is 0.338 e. The van der Waals surface area contributed by atoms with Gasteiger partial charge in [0, 0.05) is 0 Å². The number of esters is 3. The van der Waals surface area contributed by atoms with Crippen LogP contribution in [0.3, 0.4) is 0 Å². The molecule has 0 N–H and O–H groups in total. The molecule has 19 heteroatoms. The van der Waals surface area contributed by atoms with Gasteiger partial charge in [-0.2, -0.15) is 0 Å². The van der Waals surface area contributed by atoms with E-state index in [9.17, 15) is 14.4 Å². The summed E-state index contributed by atoms with van der Waals surface area (Å²) in [5.74, 6) is -0.0535. The van der Waals surface area contributed by atoms with Gasteiger partial charge >= 0.3 is 17.9 Å². The van der Waals surface area contributed by atoms with Gasteiger partial charge in [-0.15, -0.1) is 6.42 Å². The fourth-order valence-corrected chi connectivity index (χ4v) is 13.3. The van der Waals surface area contributed by atoms with E-state index in [0.717, 1.165) is 38.9 Å². The number of carbonyl (C=O) groups is 3. The molecule has 19 nitrogen and oxygen atoms in total. The third-order valence-corrected chi connectivity index (χ3v) is 18.8. The maximum atomic E-state index is 14.8. The van der Waals surface area contributed by atoms with Crippen LogP contribution in [0.15, 0.2) is 303 Å². The molecule has 3 fully saturated rings. The Morgan fingerprint density at radius 2 is 0.536 bits per heavy atom. The summed E-state index contributed by atoms with van der Waals surface area (Å²) in [7, 11) is 0. The Hall–Kier alpha value is -10.4. The normalized spacial score (nSPS) is 23.8. The number of ether oxygens (including phenoxy) is 16. The number of carbonyl (C=O) groups excluding carboxylic acids is 3. The third-order valence-electron chi connectivity index (χ3n) is 18.8. The minimum Gasteiger partial charge on any atom is -0.452 e. The summed E-state index contributed by atoms with van der Waals surface area (Å²) in [4.78, 5) is 43.8. The van der Waals surface area contributed by atoms with Crippen LogP contribution in [0.5, 0.6) is 0 Å². The molecular formula is C91H88O19. The highest BCUT2D eigenvalue weighted by atomic mass is 16.8. The number of benzene rings is 10. The Morgan fingerprint density at radius 1 is 0.264 bits per heavy atom. The van der Waals surface area contributed by atoms with Crippen LogP contribution >= 0.6 is 0 Å². The number of terminal acetylenes is 1. The highest BCUT2D eigenvalue weighted by Gasteiger charge is 2.57. The van der Waals surface area contributed by atoms with Gasteiger partial charge in [-0.1, -0.05) is 273 Å². The number of rotatable bonds is 36. The molecule has 15 atom stereocenters. The molecule has 0 aromatic heterocycles. The van der Waals surface area contributed by atoms with E-state index in [-0.39, 0.29) is 82.8 Å². The van der Waals surface area contributed by atoms with Crippen molar-refractivity contribution in [3.63, 3.8) is 0 Å². The van der Waals surface area contributed by atoms with E-state index in [1.54, 1.807) is 91.0 Å². The van der Waals surface area contributed by atoms with Gasteiger partial charge in [-0.3, -0.25) is 0 Å². The maximum Gasteiger partial charge on any atom is 0.338 e. The van der Waals surface area contributed by atoms with Crippen molar-refractivity contribution in [3.05, 3.63) is 359 Å². The lowest BCUT2D eigenvalue weighted by atomic mass is 9.95. The van der Waals surface area contributed by atoms with Gasteiger partial charge in [0.2, 0.25) is 0 Å². The summed E-state index contributed by atoms with van der Waals surface area (Å²) in [6.45, 7) is -0.196. The second-order valence-corrected chi connectivity index (χ2v) is 26.6. The summed E-state index contributed by atoms with van der Waals surface area (Å²) >= 11 is 0. The molecule has 0 saturated carbocycles. The largest absolute Gasteiger partial charge is 0.452 e. The number of hydrogen-bond donors (Lipinski definition) is 0.